The van der Waals surface area contributed by atoms with E-state index >= 15 is 0 Å². The zero-order valence-electron chi connectivity index (χ0n) is 18.0. The molecule has 2 aromatic carbocycles. The van der Waals surface area contributed by atoms with Crippen LogP contribution in [0.1, 0.15) is 64.5 Å². The average molecular weight is 433 g/mol. The van der Waals surface area contributed by atoms with Crippen molar-refractivity contribution < 1.29 is 19.0 Å². The zero-order valence-corrected chi connectivity index (χ0v) is 18.0. The Bertz CT molecular complexity index is 1230. The number of aromatic nitrogens is 1. The van der Waals surface area contributed by atoms with Gasteiger partial charge in [-0.15, -0.1) is 0 Å². The molecule has 0 aliphatic carbocycles. The Balaban J connectivity index is 1.86. The number of para-hydroxylation sites is 1. The standard InChI is InChI=1S/C25H24FN3O3/c1-14-21(13-27)20-12-17(26)11-19(24(20)29-23(14)16-7-9-32-10-8-16)15(2)28-22-6-4-3-5-18(22)25(30)31/h3-6,11-12,15-16,28H,7-10H2,1-2H3,(H,30,31). The summed E-state index contributed by atoms with van der Waals surface area (Å²) in [5, 5.41) is 23.0. The molecular weight excluding hydrogens is 409 g/mol. The van der Waals surface area contributed by atoms with Crippen molar-refractivity contribution in [1.29, 1.82) is 5.26 Å². The number of nitriles is 1. The van der Waals surface area contributed by atoms with Gasteiger partial charge in [-0.2, -0.15) is 5.26 Å². The van der Waals surface area contributed by atoms with Crippen LogP contribution in [0.25, 0.3) is 10.9 Å². The van der Waals surface area contributed by atoms with Crippen molar-refractivity contribution in [3.63, 3.8) is 0 Å². The molecule has 0 radical (unpaired) electrons. The third-order valence-corrected chi connectivity index (χ3v) is 6.08. The molecule has 6 nitrogen and oxygen atoms in total. The molecule has 1 aromatic heterocycles. The molecule has 1 atom stereocenters. The first kappa shape index (κ1) is 21.7. The number of benzene rings is 2. The molecule has 1 aliphatic heterocycles. The molecule has 7 heteroatoms. The van der Waals surface area contributed by atoms with Gasteiger partial charge in [0, 0.05) is 41.5 Å². The Labute approximate surface area is 185 Å². The van der Waals surface area contributed by atoms with Crippen LogP contribution in [0.4, 0.5) is 10.1 Å². The SMILES string of the molecule is Cc1c(C2CCOCC2)nc2c(C(C)Nc3ccccc3C(=O)O)cc(F)cc2c1C#N. The Morgan fingerprint density at radius 1 is 1.31 bits per heavy atom. The van der Waals surface area contributed by atoms with Crippen molar-refractivity contribution in [1.82, 2.24) is 4.98 Å². The first-order valence-electron chi connectivity index (χ1n) is 10.6. The zero-order chi connectivity index (χ0) is 22.8. The van der Waals surface area contributed by atoms with Crippen LogP contribution < -0.4 is 5.32 Å². The number of ether oxygens (including phenoxy) is 1. The van der Waals surface area contributed by atoms with Crippen LogP contribution in [0.2, 0.25) is 0 Å². The molecule has 1 unspecified atom stereocenters. The van der Waals surface area contributed by atoms with Crippen molar-refractivity contribution >= 4 is 22.6 Å². The molecular formula is C25H24FN3O3. The van der Waals surface area contributed by atoms with E-state index in [4.69, 9.17) is 9.72 Å². The van der Waals surface area contributed by atoms with Crippen LogP contribution in [0.5, 0.6) is 0 Å². The van der Waals surface area contributed by atoms with E-state index in [0.29, 0.717) is 40.9 Å². The predicted octanol–water partition coefficient (Wildman–Crippen LogP) is 5.32. The number of aromatic carboxylic acids is 1. The van der Waals surface area contributed by atoms with Gasteiger partial charge in [-0.25, -0.2) is 9.18 Å². The third-order valence-electron chi connectivity index (χ3n) is 6.08. The summed E-state index contributed by atoms with van der Waals surface area (Å²) in [5.41, 5.74) is 3.75. The molecule has 0 amide bonds. The number of pyridine rings is 1. The Morgan fingerprint density at radius 2 is 2.03 bits per heavy atom. The molecule has 2 N–H and O–H groups in total. The summed E-state index contributed by atoms with van der Waals surface area (Å²) in [6.07, 6.45) is 1.64. The van der Waals surface area contributed by atoms with Gasteiger partial charge in [0.05, 0.1) is 22.7 Å². The fourth-order valence-electron chi connectivity index (χ4n) is 4.42. The van der Waals surface area contributed by atoms with Crippen LogP contribution in [0, 0.1) is 24.1 Å². The van der Waals surface area contributed by atoms with E-state index in [1.54, 1.807) is 18.2 Å². The van der Waals surface area contributed by atoms with Gasteiger partial charge in [0.2, 0.25) is 0 Å². The highest BCUT2D eigenvalue weighted by atomic mass is 19.1. The topological polar surface area (TPSA) is 95.2 Å². The molecule has 0 bridgehead atoms. The monoisotopic (exact) mass is 433 g/mol. The van der Waals surface area contributed by atoms with Gasteiger partial charge >= 0.3 is 5.97 Å². The summed E-state index contributed by atoms with van der Waals surface area (Å²) in [7, 11) is 0. The number of carboxylic acid groups (broad SMARTS) is 1. The number of carboxylic acids is 1. The molecule has 1 saturated heterocycles. The van der Waals surface area contributed by atoms with Gasteiger partial charge in [0.1, 0.15) is 11.9 Å². The second-order valence-corrected chi connectivity index (χ2v) is 8.10. The lowest BCUT2D eigenvalue weighted by Gasteiger charge is -2.25. The van der Waals surface area contributed by atoms with E-state index in [1.807, 2.05) is 13.8 Å². The van der Waals surface area contributed by atoms with Gasteiger partial charge < -0.3 is 15.2 Å². The quantitative estimate of drug-likeness (QED) is 0.565. The van der Waals surface area contributed by atoms with E-state index < -0.39 is 17.8 Å². The lowest BCUT2D eigenvalue weighted by Crippen LogP contribution is -2.17. The third kappa shape index (κ3) is 4.02. The number of anilines is 1. The fourth-order valence-corrected chi connectivity index (χ4v) is 4.42. The van der Waals surface area contributed by atoms with Crippen molar-refractivity contribution in [2.75, 3.05) is 18.5 Å². The molecule has 1 aliphatic rings. The minimum absolute atomic E-state index is 0.129. The average Bonchev–Trinajstić information content (AvgIpc) is 2.79. The summed E-state index contributed by atoms with van der Waals surface area (Å²) in [4.78, 5) is 16.5. The smallest absolute Gasteiger partial charge is 0.337 e. The van der Waals surface area contributed by atoms with Crippen LogP contribution in [-0.2, 0) is 4.74 Å². The van der Waals surface area contributed by atoms with Gasteiger partial charge in [0.25, 0.3) is 0 Å². The molecule has 1 fully saturated rings. The number of rotatable bonds is 5. The van der Waals surface area contributed by atoms with Crippen molar-refractivity contribution in [2.45, 2.75) is 38.6 Å². The summed E-state index contributed by atoms with van der Waals surface area (Å²) >= 11 is 0. The molecule has 3 aromatic rings. The molecule has 0 spiro atoms. The number of nitrogens with one attached hydrogen (secondary N) is 1. The second kappa shape index (κ2) is 8.93. The lowest BCUT2D eigenvalue weighted by atomic mass is 9.89. The Hall–Kier alpha value is -3.50. The Kier molecular flexibility index (Phi) is 6.06. The number of hydrogen-bond acceptors (Lipinski definition) is 5. The number of nitrogens with zero attached hydrogens (tertiary/aromatic N) is 2. The van der Waals surface area contributed by atoms with Gasteiger partial charge in [0.15, 0.2) is 0 Å². The first-order chi connectivity index (χ1) is 15.4. The first-order valence-corrected chi connectivity index (χ1v) is 10.6. The number of fused-ring (bicyclic) bond motifs is 1. The summed E-state index contributed by atoms with van der Waals surface area (Å²) < 4.78 is 20.1. The lowest BCUT2D eigenvalue weighted by molar-refractivity contribution is 0.0698. The summed E-state index contributed by atoms with van der Waals surface area (Å²) in [5.74, 6) is -1.34. The van der Waals surface area contributed by atoms with Crippen molar-refractivity contribution in [2.24, 2.45) is 0 Å². The molecule has 2 heterocycles. The number of halogens is 1. The van der Waals surface area contributed by atoms with Gasteiger partial charge in [-0.05, 0) is 56.5 Å². The molecule has 4 rings (SSSR count). The van der Waals surface area contributed by atoms with E-state index in [1.165, 1.54) is 18.2 Å². The maximum atomic E-state index is 14.6. The number of hydrogen-bond donors (Lipinski definition) is 2. The second-order valence-electron chi connectivity index (χ2n) is 8.10. The van der Waals surface area contributed by atoms with E-state index in [9.17, 15) is 19.6 Å². The molecule has 164 valence electrons. The van der Waals surface area contributed by atoms with Crippen LogP contribution in [0.15, 0.2) is 36.4 Å². The summed E-state index contributed by atoms with van der Waals surface area (Å²) in [6.45, 7) is 4.98. The highest BCUT2D eigenvalue weighted by Crippen LogP contribution is 2.36. The normalized spacial score (nSPS) is 15.3. The molecule has 0 saturated carbocycles. The van der Waals surface area contributed by atoms with E-state index in [0.717, 1.165) is 24.1 Å². The Morgan fingerprint density at radius 3 is 2.72 bits per heavy atom. The maximum Gasteiger partial charge on any atom is 0.337 e. The maximum absolute atomic E-state index is 14.6. The van der Waals surface area contributed by atoms with E-state index in [-0.39, 0.29) is 11.5 Å². The summed E-state index contributed by atoms with van der Waals surface area (Å²) in [6, 6.07) is 11.1. The van der Waals surface area contributed by atoms with Crippen molar-refractivity contribution in [3.05, 3.63) is 70.2 Å². The largest absolute Gasteiger partial charge is 0.478 e. The fraction of sp³-hybridized carbons (Fsp3) is 0.320. The van der Waals surface area contributed by atoms with Gasteiger partial charge in [-0.3, -0.25) is 4.98 Å². The predicted molar refractivity (Wildman–Crippen MR) is 119 cm³/mol. The van der Waals surface area contributed by atoms with Gasteiger partial charge in [-0.1, -0.05) is 12.1 Å². The number of carbonyl (C=O) groups is 1. The molecule has 32 heavy (non-hydrogen) atoms. The van der Waals surface area contributed by atoms with Crippen LogP contribution in [-0.4, -0.2) is 29.3 Å². The minimum atomic E-state index is -1.05. The van der Waals surface area contributed by atoms with E-state index in [2.05, 4.69) is 11.4 Å². The van der Waals surface area contributed by atoms with Crippen LogP contribution in [0.3, 0.4) is 0 Å². The highest BCUT2D eigenvalue weighted by Gasteiger charge is 2.25. The van der Waals surface area contributed by atoms with Crippen molar-refractivity contribution in [3.8, 4) is 6.07 Å². The van der Waals surface area contributed by atoms with Crippen LogP contribution >= 0.6 is 0 Å². The minimum Gasteiger partial charge on any atom is -0.478 e. The highest BCUT2D eigenvalue weighted by molar-refractivity contribution is 5.94.